The maximum atomic E-state index is 12.3. The average molecular weight is 390 g/mol. The second-order valence-corrected chi connectivity index (χ2v) is 6.17. The quantitative estimate of drug-likeness (QED) is 0.355. The van der Waals surface area contributed by atoms with Crippen LogP contribution < -0.4 is 5.63 Å². The van der Waals surface area contributed by atoms with Gasteiger partial charge in [0, 0.05) is 14.9 Å². The van der Waals surface area contributed by atoms with Crippen molar-refractivity contribution in [3.05, 3.63) is 85.6 Å². The van der Waals surface area contributed by atoms with Gasteiger partial charge in [-0.1, -0.05) is 45.7 Å². The predicted molar refractivity (Wildman–Crippen MR) is 95.0 cm³/mol. The van der Waals surface area contributed by atoms with Crippen LogP contribution in [0.2, 0.25) is 5.02 Å². The molecule has 3 nitrogen and oxygen atoms in total. The lowest BCUT2D eigenvalue weighted by Crippen LogP contribution is -2.11. The molecule has 0 bridgehead atoms. The lowest BCUT2D eigenvalue weighted by Gasteiger charge is -2.00. The van der Waals surface area contributed by atoms with E-state index in [1.165, 1.54) is 12.1 Å². The third kappa shape index (κ3) is 3.44. The molecule has 3 aromatic rings. The van der Waals surface area contributed by atoms with Gasteiger partial charge in [0.05, 0.1) is 0 Å². The third-order valence-corrected chi connectivity index (χ3v) is 4.12. The van der Waals surface area contributed by atoms with Crippen LogP contribution in [0, 0.1) is 0 Å². The molecule has 0 aliphatic rings. The molecule has 0 aliphatic carbocycles. The van der Waals surface area contributed by atoms with Crippen molar-refractivity contribution in [2.45, 2.75) is 0 Å². The van der Waals surface area contributed by atoms with Crippen LogP contribution in [0.15, 0.2) is 68.3 Å². The van der Waals surface area contributed by atoms with E-state index in [1.807, 2.05) is 6.07 Å². The number of allylic oxidation sites excluding steroid dienone is 1. The summed E-state index contributed by atoms with van der Waals surface area (Å²) in [6, 6.07) is 13.9. The Labute approximate surface area is 145 Å². The molecular weight excluding hydrogens is 380 g/mol. The minimum atomic E-state index is -0.659. The van der Waals surface area contributed by atoms with E-state index in [4.69, 9.17) is 16.0 Å². The maximum absolute atomic E-state index is 12.3. The van der Waals surface area contributed by atoms with E-state index in [0.29, 0.717) is 21.6 Å². The Hall–Kier alpha value is -2.17. The standard InChI is InChI=1S/C18H10BrClO3/c19-13-6-8-17-12(9-13)10-14(18(22)23-17)16(21)7-5-11-3-1-2-4-15(11)20/h1-10H. The van der Waals surface area contributed by atoms with Gasteiger partial charge < -0.3 is 4.42 Å². The van der Waals surface area contributed by atoms with Crippen LogP contribution in [0.1, 0.15) is 15.9 Å². The van der Waals surface area contributed by atoms with Crippen molar-refractivity contribution >= 4 is 50.4 Å². The van der Waals surface area contributed by atoms with Crippen molar-refractivity contribution < 1.29 is 9.21 Å². The minimum Gasteiger partial charge on any atom is -0.422 e. The lowest BCUT2D eigenvalue weighted by atomic mass is 10.1. The van der Waals surface area contributed by atoms with Gasteiger partial charge in [0.2, 0.25) is 0 Å². The molecule has 0 radical (unpaired) electrons. The maximum Gasteiger partial charge on any atom is 0.347 e. The Morgan fingerprint density at radius 3 is 2.70 bits per heavy atom. The van der Waals surface area contributed by atoms with Gasteiger partial charge in [0.1, 0.15) is 11.1 Å². The Balaban J connectivity index is 1.99. The number of carbonyl (C=O) groups excluding carboxylic acids is 1. The number of carbonyl (C=O) groups is 1. The first kappa shape index (κ1) is 15.7. The van der Waals surface area contributed by atoms with Crippen molar-refractivity contribution in [3.63, 3.8) is 0 Å². The summed E-state index contributed by atoms with van der Waals surface area (Å²) in [7, 11) is 0. The second-order valence-electron chi connectivity index (χ2n) is 4.85. The fourth-order valence-electron chi connectivity index (χ4n) is 2.13. The number of benzene rings is 2. The molecule has 0 N–H and O–H groups in total. The zero-order valence-electron chi connectivity index (χ0n) is 11.8. The highest BCUT2D eigenvalue weighted by molar-refractivity contribution is 9.10. The fraction of sp³-hybridized carbons (Fsp3) is 0. The Kier molecular flexibility index (Phi) is 4.46. The first-order valence-corrected chi connectivity index (χ1v) is 7.92. The first-order valence-electron chi connectivity index (χ1n) is 6.75. The van der Waals surface area contributed by atoms with E-state index >= 15 is 0 Å². The Morgan fingerprint density at radius 2 is 1.91 bits per heavy atom. The van der Waals surface area contributed by atoms with Crippen molar-refractivity contribution in [3.8, 4) is 0 Å². The van der Waals surface area contributed by atoms with Crippen LogP contribution in [-0.2, 0) is 0 Å². The lowest BCUT2D eigenvalue weighted by molar-refractivity contribution is 0.104. The largest absolute Gasteiger partial charge is 0.422 e. The van der Waals surface area contributed by atoms with Gasteiger partial charge >= 0.3 is 5.63 Å². The van der Waals surface area contributed by atoms with E-state index in [0.717, 1.165) is 4.47 Å². The molecule has 1 heterocycles. The SMILES string of the molecule is O=C(C=Cc1ccccc1Cl)c1cc2cc(Br)ccc2oc1=O. The van der Waals surface area contributed by atoms with Gasteiger partial charge in [-0.25, -0.2) is 4.79 Å². The second kappa shape index (κ2) is 6.52. The van der Waals surface area contributed by atoms with Gasteiger partial charge in [-0.3, -0.25) is 4.79 Å². The molecule has 3 rings (SSSR count). The van der Waals surface area contributed by atoms with E-state index in [1.54, 1.807) is 42.5 Å². The summed E-state index contributed by atoms with van der Waals surface area (Å²) in [6.07, 6.45) is 2.90. The molecule has 114 valence electrons. The molecule has 1 aromatic heterocycles. The summed E-state index contributed by atoms with van der Waals surface area (Å²) in [6.45, 7) is 0. The van der Waals surface area contributed by atoms with Crippen LogP contribution >= 0.6 is 27.5 Å². The monoisotopic (exact) mass is 388 g/mol. The smallest absolute Gasteiger partial charge is 0.347 e. The fourth-order valence-corrected chi connectivity index (χ4v) is 2.71. The molecule has 0 aliphatic heterocycles. The number of hydrogen-bond donors (Lipinski definition) is 0. The molecule has 0 saturated heterocycles. The van der Waals surface area contributed by atoms with Crippen LogP contribution in [0.4, 0.5) is 0 Å². The molecule has 2 aromatic carbocycles. The molecule has 23 heavy (non-hydrogen) atoms. The van der Waals surface area contributed by atoms with Gasteiger partial charge in [0.25, 0.3) is 0 Å². The van der Waals surface area contributed by atoms with Crippen LogP contribution in [0.25, 0.3) is 17.0 Å². The van der Waals surface area contributed by atoms with Crippen LogP contribution in [0.3, 0.4) is 0 Å². The normalized spacial score (nSPS) is 11.2. The van der Waals surface area contributed by atoms with E-state index in [-0.39, 0.29) is 5.56 Å². The van der Waals surface area contributed by atoms with Crippen molar-refractivity contribution in [1.82, 2.24) is 0 Å². The van der Waals surface area contributed by atoms with Crippen molar-refractivity contribution in [2.75, 3.05) is 0 Å². The minimum absolute atomic E-state index is 0.0149. The number of ketones is 1. The van der Waals surface area contributed by atoms with Crippen molar-refractivity contribution in [1.29, 1.82) is 0 Å². The number of fused-ring (bicyclic) bond motifs is 1. The number of rotatable bonds is 3. The molecule has 0 spiro atoms. The molecule has 0 atom stereocenters. The molecule has 0 fully saturated rings. The third-order valence-electron chi connectivity index (χ3n) is 3.28. The summed E-state index contributed by atoms with van der Waals surface area (Å²) < 4.78 is 6.02. The Bertz CT molecular complexity index is 989. The van der Waals surface area contributed by atoms with E-state index < -0.39 is 11.4 Å². The molecule has 0 saturated carbocycles. The molecular formula is C18H10BrClO3. The highest BCUT2D eigenvalue weighted by atomic mass is 79.9. The van der Waals surface area contributed by atoms with Crippen LogP contribution in [-0.4, -0.2) is 5.78 Å². The summed E-state index contributed by atoms with van der Waals surface area (Å²) in [5.74, 6) is -0.430. The van der Waals surface area contributed by atoms with E-state index in [9.17, 15) is 9.59 Å². The molecule has 0 amide bonds. The average Bonchev–Trinajstić information content (AvgIpc) is 2.53. The summed E-state index contributed by atoms with van der Waals surface area (Å²) in [5.41, 5.74) is 0.466. The van der Waals surface area contributed by atoms with Gasteiger partial charge in [-0.05, 0) is 48.0 Å². The van der Waals surface area contributed by atoms with Crippen LogP contribution in [0.5, 0.6) is 0 Å². The molecule has 5 heteroatoms. The summed E-state index contributed by atoms with van der Waals surface area (Å²) in [4.78, 5) is 24.3. The Morgan fingerprint density at radius 1 is 1.13 bits per heavy atom. The zero-order chi connectivity index (χ0) is 16.4. The number of halogens is 2. The number of hydrogen-bond acceptors (Lipinski definition) is 3. The zero-order valence-corrected chi connectivity index (χ0v) is 14.1. The highest BCUT2D eigenvalue weighted by Crippen LogP contribution is 2.20. The van der Waals surface area contributed by atoms with Gasteiger partial charge in [-0.15, -0.1) is 0 Å². The van der Waals surface area contributed by atoms with Gasteiger partial charge in [0.15, 0.2) is 5.78 Å². The summed E-state index contributed by atoms with van der Waals surface area (Å²) >= 11 is 9.38. The molecule has 0 unspecified atom stereocenters. The summed E-state index contributed by atoms with van der Waals surface area (Å²) in [5, 5.41) is 1.21. The first-order chi connectivity index (χ1) is 11.0. The van der Waals surface area contributed by atoms with Crippen molar-refractivity contribution in [2.24, 2.45) is 0 Å². The topological polar surface area (TPSA) is 47.3 Å². The predicted octanol–water partition coefficient (Wildman–Crippen LogP) is 5.11. The highest BCUT2D eigenvalue weighted by Gasteiger charge is 2.11. The van der Waals surface area contributed by atoms with Gasteiger partial charge in [-0.2, -0.15) is 0 Å². The van der Waals surface area contributed by atoms with E-state index in [2.05, 4.69) is 15.9 Å².